The van der Waals surface area contributed by atoms with Gasteiger partial charge in [0.2, 0.25) is 5.91 Å². The van der Waals surface area contributed by atoms with Crippen molar-refractivity contribution in [1.29, 1.82) is 0 Å². The summed E-state index contributed by atoms with van der Waals surface area (Å²) in [5.41, 5.74) is 3.68. The van der Waals surface area contributed by atoms with Gasteiger partial charge in [0, 0.05) is 40.6 Å². The lowest BCUT2D eigenvalue weighted by atomic mass is 9.86. The summed E-state index contributed by atoms with van der Waals surface area (Å²) in [5, 5.41) is 6.60. The first-order valence-electron chi connectivity index (χ1n) is 11.4. The maximum atomic E-state index is 13.0. The minimum atomic E-state index is -0.664. The van der Waals surface area contributed by atoms with Crippen molar-refractivity contribution in [2.24, 2.45) is 0 Å². The van der Waals surface area contributed by atoms with Crippen LogP contribution in [-0.4, -0.2) is 34.2 Å². The second-order valence-corrected chi connectivity index (χ2v) is 9.03. The number of H-pyrrole nitrogens is 1. The van der Waals surface area contributed by atoms with Gasteiger partial charge in [-0.2, -0.15) is 0 Å². The van der Waals surface area contributed by atoms with E-state index in [1.165, 1.54) is 0 Å². The number of nitrogens with zero attached hydrogens (tertiary/aromatic N) is 2. The van der Waals surface area contributed by atoms with Gasteiger partial charge < -0.3 is 20.5 Å². The molecule has 5 rings (SSSR count). The van der Waals surface area contributed by atoms with Crippen molar-refractivity contribution in [3.63, 3.8) is 0 Å². The molecule has 1 aliphatic heterocycles. The highest BCUT2D eigenvalue weighted by molar-refractivity contribution is 6.10. The number of aromatic amines is 1. The number of benzene rings is 2. The zero-order chi connectivity index (χ0) is 24.7. The first kappa shape index (κ1) is 22.3. The molecule has 0 saturated heterocycles. The van der Waals surface area contributed by atoms with E-state index in [-0.39, 0.29) is 17.7 Å². The minimum Gasteiger partial charge on any atom is -0.346 e. The van der Waals surface area contributed by atoms with Crippen LogP contribution in [-0.2, 0) is 10.2 Å². The quantitative estimate of drug-likeness (QED) is 0.395. The molecule has 3 amide bonds. The lowest BCUT2D eigenvalue weighted by Gasteiger charge is -2.18. The van der Waals surface area contributed by atoms with Crippen molar-refractivity contribution in [2.75, 3.05) is 22.1 Å². The molecule has 8 heteroatoms. The number of carbonyl (C=O) groups excluding carboxylic acids is 3. The fourth-order valence-corrected chi connectivity index (χ4v) is 4.44. The molecule has 4 aromatic rings. The average Bonchev–Trinajstić information content (AvgIpc) is 3.39. The van der Waals surface area contributed by atoms with E-state index in [1.54, 1.807) is 47.6 Å². The number of amides is 3. The number of hydrogen-bond acceptors (Lipinski definition) is 4. The molecule has 176 valence electrons. The molecule has 8 nitrogen and oxygen atoms in total. The van der Waals surface area contributed by atoms with E-state index < -0.39 is 5.41 Å². The van der Waals surface area contributed by atoms with Gasteiger partial charge in [-0.15, -0.1) is 0 Å². The molecule has 0 spiro atoms. The summed E-state index contributed by atoms with van der Waals surface area (Å²) in [6.07, 6.45) is 3.36. The molecule has 0 unspecified atom stereocenters. The van der Waals surface area contributed by atoms with E-state index >= 15 is 0 Å². The van der Waals surface area contributed by atoms with Crippen molar-refractivity contribution in [3.8, 4) is 0 Å². The maximum absolute atomic E-state index is 13.0. The highest BCUT2D eigenvalue weighted by Gasteiger charge is 2.43. The van der Waals surface area contributed by atoms with Crippen LogP contribution >= 0.6 is 0 Å². The van der Waals surface area contributed by atoms with Crippen LogP contribution in [0.5, 0.6) is 0 Å². The monoisotopic (exact) mass is 467 g/mol. The summed E-state index contributed by atoms with van der Waals surface area (Å²) in [4.78, 5) is 47.6. The molecule has 0 radical (unpaired) electrons. The topological polar surface area (TPSA) is 107 Å². The fourth-order valence-electron chi connectivity index (χ4n) is 4.44. The van der Waals surface area contributed by atoms with E-state index in [1.807, 2.05) is 45.0 Å². The van der Waals surface area contributed by atoms with E-state index in [2.05, 4.69) is 20.6 Å². The zero-order valence-corrected chi connectivity index (χ0v) is 19.7. The number of nitrogens with one attached hydrogen (secondary N) is 3. The maximum Gasteiger partial charge on any atom is 0.255 e. The van der Waals surface area contributed by atoms with Gasteiger partial charge in [0.25, 0.3) is 11.8 Å². The second-order valence-electron chi connectivity index (χ2n) is 9.03. The van der Waals surface area contributed by atoms with Crippen LogP contribution in [0.1, 0.15) is 47.1 Å². The molecule has 2 aromatic carbocycles. The van der Waals surface area contributed by atoms with Gasteiger partial charge in [-0.25, -0.2) is 4.98 Å². The van der Waals surface area contributed by atoms with E-state index in [4.69, 9.17) is 0 Å². The largest absolute Gasteiger partial charge is 0.346 e. The Morgan fingerprint density at radius 1 is 0.971 bits per heavy atom. The summed E-state index contributed by atoms with van der Waals surface area (Å²) in [5.74, 6) is -0.638. The minimum absolute atomic E-state index is 0.0445. The smallest absolute Gasteiger partial charge is 0.255 e. The summed E-state index contributed by atoms with van der Waals surface area (Å²) in [6.45, 7) is 6.31. The molecule has 0 saturated carbocycles. The Hall–Kier alpha value is -4.46. The summed E-state index contributed by atoms with van der Waals surface area (Å²) >= 11 is 0. The first-order chi connectivity index (χ1) is 16.8. The fraction of sp³-hybridized carbons (Fsp3) is 0.185. The van der Waals surface area contributed by atoms with Gasteiger partial charge in [0.15, 0.2) is 0 Å². The highest BCUT2D eigenvalue weighted by atomic mass is 16.2. The molecule has 0 bridgehead atoms. The molecule has 3 N–H and O–H groups in total. The third kappa shape index (κ3) is 3.93. The highest BCUT2D eigenvalue weighted by Crippen LogP contribution is 2.42. The number of likely N-dealkylation sites (N-methyl/N-ethyl adjacent to an activating group) is 1. The molecule has 0 fully saturated rings. The Morgan fingerprint density at radius 3 is 2.40 bits per heavy atom. The summed E-state index contributed by atoms with van der Waals surface area (Å²) < 4.78 is 0. The Morgan fingerprint density at radius 2 is 1.69 bits per heavy atom. The van der Waals surface area contributed by atoms with Crippen LogP contribution < -0.4 is 15.5 Å². The van der Waals surface area contributed by atoms with Crippen molar-refractivity contribution in [3.05, 3.63) is 83.7 Å². The van der Waals surface area contributed by atoms with Gasteiger partial charge in [0.05, 0.1) is 17.3 Å². The number of rotatable bonds is 5. The molecule has 0 atom stereocenters. The van der Waals surface area contributed by atoms with Crippen LogP contribution in [0, 0.1) is 0 Å². The van der Waals surface area contributed by atoms with E-state index in [0.717, 1.165) is 22.3 Å². The van der Waals surface area contributed by atoms with Crippen molar-refractivity contribution >= 4 is 45.8 Å². The zero-order valence-electron chi connectivity index (χ0n) is 19.7. The molecular formula is C27H25N5O3. The van der Waals surface area contributed by atoms with E-state index in [0.29, 0.717) is 29.0 Å². The number of aromatic nitrogens is 2. The van der Waals surface area contributed by atoms with Crippen molar-refractivity contribution < 1.29 is 14.4 Å². The molecule has 1 aliphatic rings. The van der Waals surface area contributed by atoms with Gasteiger partial charge in [-0.1, -0.05) is 6.07 Å². The Kier molecular flexibility index (Phi) is 5.36. The van der Waals surface area contributed by atoms with Gasteiger partial charge >= 0.3 is 0 Å². The number of pyridine rings is 1. The molecule has 35 heavy (non-hydrogen) atoms. The number of anilines is 3. The van der Waals surface area contributed by atoms with Crippen molar-refractivity contribution in [2.45, 2.75) is 26.2 Å². The lowest BCUT2D eigenvalue weighted by molar-refractivity contribution is -0.122. The summed E-state index contributed by atoms with van der Waals surface area (Å²) in [7, 11) is 0. The van der Waals surface area contributed by atoms with Gasteiger partial charge in [-0.05, 0) is 74.9 Å². The van der Waals surface area contributed by atoms with Crippen LogP contribution in [0.3, 0.4) is 0 Å². The number of carbonyl (C=O) groups is 3. The van der Waals surface area contributed by atoms with Gasteiger partial charge in [-0.3, -0.25) is 14.4 Å². The number of hydrogen-bond donors (Lipinski definition) is 3. The third-order valence-electron chi connectivity index (χ3n) is 6.36. The van der Waals surface area contributed by atoms with Crippen LogP contribution in [0.2, 0.25) is 0 Å². The normalized spacial score (nSPS) is 14.1. The molecule has 0 aliphatic carbocycles. The SMILES string of the molecule is CCN1C(=O)C(C)(C)c2cc(NC(=O)c3cccc(C(=O)Nc4cnc5[nH]ccc5c4)c3)ccc21. The third-order valence-corrected chi connectivity index (χ3v) is 6.36. The molecular weight excluding hydrogens is 442 g/mol. The van der Waals surface area contributed by atoms with Crippen LogP contribution in [0.4, 0.5) is 17.1 Å². The van der Waals surface area contributed by atoms with Crippen molar-refractivity contribution in [1.82, 2.24) is 9.97 Å². The van der Waals surface area contributed by atoms with Gasteiger partial charge in [0.1, 0.15) is 5.65 Å². The van der Waals surface area contributed by atoms with E-state index in [9.17, 15) is 14.4 Å². The predicted octanol–water partition coefficient (Wildman–Crippen LogP) is 4.71. The Bertz CT molecular complexity index is 1490. The summed E-state index contributed by atoms with van der Waals surface area (Å²) in [6, 6.07) is 15.7. The lowest BCUT2D eigenvalue weighted by Crippen LogP contribution is -2.35. The Balaban J connectivity index is 1.33. The second kappa shape index (κ2) is 8.39. The standard InChI is InChI=1S/C27H25N5O3/c1-4-32-22-9-8-19(14-21(22)27(2,3)26(32)35)30-24(33)17-6-5-7-18(12-17)25(34)31-20-13-16-10-11-28-23(16)29-15-20/h5-15H,4H2,1-3H3,(H,28,29)(H,30,33)(H,31,34). The molecule has 2 aromatic heterocycles. The van der Waals surface area contributed by atoms with Crippen LogP contribution in [0.15, 0.2) is 67.0 Å². The van der Waals surface area contributed by atoms with Crippen LogP contribution in [0.25, 0.3) is 11.0 Å². The first-order valence-corrected chi connectivity index (χ1v) is 11.4. The average molecular weight is 468 g/mol. The molecule has 3 heterocycles. The Labute approximate surface area is 202 Å². The number of fused-ring (bicyclic) bond motifs is 2. The predicted molar refractivity (Wildman–Crippen MR) is 136 cm³/mol.